The minimum absolute atomic E-state index is 0.774. The van der Waals surface area contributed by atoms with Crippen LogP contribution in [0.3, 0.4) is 0 Å². The number of hydrogen-bond acceptors (Lipinski definition) is 3. The number of aryl methyl sites for hydroxylation is 2. The molecular formula is C12H17N3O. The highest BCUT2D eigenvalue weighted by Gasteiger charge is 2.10. The normalized spacial score (nSPS) is 10.9. The molecule has 0 unspecified atom stereocenters. The lowest BCUT2D eigenvalue weighted by atomic mass is 10.2. The van der Waals surface area contributed by atoms with Crippen LogP contribution in [0.25, 0.3) is 11.3 Å². The smallest absolute Gasteiger partial charge is 0.137 e. The Morgan fingerprint density at radius 2 is 2.25 bits per heavy atom. The Kier molecular flexibility index (Phi) is 3.10. The zero-order valence-corrected chi connectivity index (χ0v) is 9.95. The van der Waals surface area contributed by atoms with E-state index in [0.29, 0.717) is 0 Å². The first kappa shape index (κ1) is 11.0. The summed E-state index contributed by atoms with van der Waals surface area (Å²) in [5, 5.41) is 7.53. The van der Waals surface area contributed by atoms with Crippen LogP contribution in [0.5, 0.6) is 0 Å². The van der Waals surface area contributed by atoms with E-state index in [-0.39, 0.29) is 0 Å². The number of nitrogens with zero attached hydrogens (tertiary/aromatic N) is 2. The van der Waals surface area contributed by atoms with E-state index in [0.717, 1.165) is 35.9 Å². The number of rotatable bonds is 4. The lowest BCUT2D eigenvalue weighted by Crippen LogP contribution is -2.10. The average Bonchev–Trinajstić information content (AvgIpc) is 2.82. The molecule has 0 fully saturated rings. The Bertz CT molecular complexity index is 470. The molecule has 0 aromatic carbocycles. The van der Waals surface area contributed by atoms with Crippen LogP contribution in [-0.2, 0) is 13.6 Å². The summed E-state index contributed by atoms with van der Waals surface area (Å²) >= 11 is 0. The van der Waals surface area contributed by atoms with Gasteiger partial charge in [-0.25, -0.2) is 0 Å². The highest BCUT2D eigenvalue weighted by atomic mass is 16.3. The fourth-order valence-corrected chi connectivity index (χ4v) is 1.71. The van der Waals surface area contributed by atoms with Crippen molar-refractivity contribution in [1.29, 1.82) is 0 Å². The summed E-state index contributed by atoms with van der Waals surface area (Å²) in [5.41, 5.74) is 2.05. The quantitative estimate of drug-likeness (QED) is 0.856. The van der Waals surface area contributed by atoms with Gasteiger partial charge in [-0.15, -0.1) is 0 Å². The van der Waals surface area contributed by atoms with E-state index < -0.39 is 0 Å². The van der Waals surface area contributed by atoms with Crippen LogP contribution in [0.2, 0.25) is 0 Å². The molecule has 0 atom stereocenters. The van der Waals surface area contributed by atoms with Gasteiger partial charge in [-0.2, -0.15) is 5.10 Å². The molecule has 2 heterocycles. The van der Waals surface area contributed by atoms with Crippen molar-refractivity contribution in [1.82, 2.24) is 15.1 Å². The van der Waals surface area contributed by atoms with Gasteiger partial charge in [0.15, 0.2) is 0 Å². The van der Waals surface area contributed by atoms with Gasteiger partial charge in [0, 0.05) is 13.2 Å². The first-order valence-electron chi connectivity index (χ1n) is 5.50. The average molecular weight is 219 g/mol. The van der Waals surface area contributed by atoms with E-state index >= 15 is 0 Å². The van der Waals surface area contributed by atoms with Crippen molar-refractivity contribution in [2.75, 3.05) is 6.54 Å². The van der Waals surface area contributed by atoms with Crippen LogP contribution in [-0.4, -0.2) is 16.3 Å². The summed E-state index contributed by atoms with van der Waals surface area (Å²) in [5.74, 6) is 1.85. The molecular weight excluding hydrogens is 202 g/mol. The Morgan fingerprint density at radius 1 is 1.44 bits per heavy atom. The van der Waals surface area contributed by atoms with Gasteiger partial charge >= 0.3 is 0 Å². The van der Waals surface area contributed by atoms with Crippen molar-refractivity contribution in [2.24, 2.45) is 7.05 Å². The first-order chi connectivity index (χ1) is 7.70. The third-order valence-corrected chi connectivity index (χ3v) is 2.49. The molecule has 0 amide bonds. The van der Waals surface area contributed by atoms with Gasteiger partial charge < -0.3 is 9.73 Å². The van der Waals surface area contributed by atoms with Gasteiger partial charge in [0.25, 0.3) is 0 Å². The fraction of sp³-hybridized carbons (Fsp3) is 0.417. The van der Waals surface area contributed by atoms with Crippen molar-refractivity contribution in [3.63, 3.8) is 0 Å². The maximum absolute atomic E-state index is 5.75. The lowest BCUT2D eigenvalue weighted by molar-refractivity contribution is 0.498. The van der Waals surface area contributed by atoms with Crippen LogP contribution in [0.4, 0.5) is 0 Å². The topological polar surface area (TPSA) is 43.0 Å². The van der Waals surface area contributed by atoms with Crippen molar-refractivity contribution in [3.8, 4) is 11.3 Å². The van der Waals surface area contributed by atoms with Crippen molar-refractivity contribution < 1.29 is 4.42 Å². The summed E-state index contributed by atoms with van der Waals surface area (Å²) in [6.45, 7) is 5.79. The standard InChI is InChI=1S/C12H17N3O/c1-4-13-7-10-5-6-12(16-10)11-8-15(3)14-9(11)2/h5-6,8,13H,4,7H2,1-3H3. The minimum Gasteiger partial charge on any atom is -0.460 e. The predicted octanol–water partition coefficient (Wildman–Crippen LogP) is 2.10. The molecule has 0 radical (unpaired) electrons. The number of furan rings is 1. The Morgan fingerprint density at radius 3 is 2.88 bits per heavy atom. The summed E-state index contributed by atoms with van der Waals surface area (Å²) in [4.78, 5) is 0. The molecule has 2 aromatic heterocycles. The van der Waals surface area contributed by atoms with E-state index in [1.165, 1.54) is 0 Å². The molecule has 0 aliphatic rings. The molecule has 2 aromatic rings. The largest absolute Gasteiger partial charge is 0.460 e. The Labute approximate surface area is 95.3 Å². The van der Waals surface area contributed by atoms with E-state index in [1.54, 1.807) is 4.68 Å². The predicted molar refractivity (Wildman–Crippen MR) is 63.0 cm³/mol. The summed E-state index contributed by atoms with van der Waals surface area (Å²) < 4.78 is 7.55. The van der Waals surface area contributed by atoms with Crippen LogP contribution in [0.15, 0.2) is 22.7 Å². The summed E-state index contributed by atoms with van der Waals surface area (Å²) in [7, 11) is 1.92. The zero-order chi connectivity index (χ0) is 11.5. The van der Waals surface area contributed by atoms with Crippen molar-refractivity contribution in [2.45, 2.75) is 20.4 Å². The molecule has 0 aliphatic heterocycles. The van der Waals surface area contributed by atoms with E-state index in [9.17, 15) is 0 Å². The van der Waals surface area contributed by atoms with Crippen molar-refractivity contribution >= 4 is 0 Å². The van der Waals surface area contributed by atoms with E-state index in [4.69, 9.17) is 4.42 Å². The second-order valence-corrected chi connectivity index (χ2v) is 3.85. The van der Waals surface area contributed by atoms with Gasteiger partial charge in [-0.05, 0) is 25.6 Å². The maximum atomic E-state index is 5.75. The highest BCUT2D eigenvalue weighted by molar-refractivity contribution is 5.59. The highest BCUT2D eigenvalue weighted by Crippen LogP contribution is 2.24. The molecule has 1 N–H and O–H groups in total. The van der Waals surface area contributed by atoms with Gasteiger partial charge in [-0.1, -0.05) is 6.92 Å². The van der Waals surface area contributed by atoms with Gasteiger partial charge in [-0.3, -0.25) is 4.68 Å². The SMILES string of the molecule is CCNCc1ccc(-c2cn(C)nc2C)o1. The Hall–Kier alpha value is -1.55. The first-order valence-corrected chi connectivity index (χ1v) is 5.50. The minimum atomic E-state index is 0.774. The maximum Gasteiger partial charge on any atom is 0.137 e. The van der Waals surface area contributed by atoms with Gasteiger partial charge in [0.1, 0.15) is 11.5 Å². The molecule has 0 spiro atoms. The molecule has 0 aliphatic carbocycles. The second-order valence-electron chi connectivity index (χ2n) is 3.85. The third-order valence-electron chi connectivity index (χ3n) is 2.49. The molecule has 2 rings (SSSR count). The number of aromatic nitrogens is 2. The molecule has 4 heteroatoms. The van der Waals surface area contributed by atoms with E-state index in [2.05, 4.69) is 17.3 Å². The molecule has 86 valence electrons. The molecule has 4 nitrogen and oxygen atoms in total. The summed E-state index contributed by atoms with van der Waals surface area (Å²) in [6.07, 6.45) is 1.98. The monoisotopic (exact) mass is 219 g/mol. The van der Waals surface area contributed by atoms with E-state index in [1.807, 2.05) is 32.3 Å². The molecule has 0 saturated heterocycles. The van der Waals surface area contributed by atoms with Crippen LogP contribution >= 0.6 is 0 Å². The van der Waals surface area contributed by atoms with Crippen molar-refractivity contribution in [3.05, 3.63) is 29.8 Å². The Balaban J connectivity index is 2.21. The fourth-order valence-electron chi connectivity index (χ4n) is 1.71. The number of nitrogens with one attached hydrogen (secondary N) is 1. The molecule has 16 heavy (non-hydrogen) atoms. The number of hydrogen-bond donors (Lipinski definition) is 1. The van der Waals surface area contributed by atoms with Gasteiger partial charge in [0.2, 0.25) is 0 Å². The molecule has 0 saturated carbocycles. The zero-order valence-electron chi connectivity index (χ0n) is 9.95. The lowest BCUT2D eigenvalue weighted by Gasteiger charge is -1.97. The van der Waals surface area contributed by atoms with Crippen LogP contribution < -0.4 is 5.32 Å². The van der Waals surface area contributed by atoms with Crippen LogP contribution in [0, 0.1) is 6.92 Å². The third kappa shape index (κ3) is 2.17. The van der Waals surface area contributed by atoms with Crippen LogP contribution in [0.1, 0.15) is 18.4 Å². The summed E-state index contributed by atoms with van der Waals surface area (Å²) in [6, 6.07) is 4.00. The van der Waals surface area contributed by atoms with Gasteiger partial charge in [0.05, 0.1) is 17.8 Å². The second kappa shape index (κ2) is 4.53. The molecule has 0 bridgehead atoms.